The number of carbonyl (C=O) groups excluding carboxylic acids is 2. The lowest BCUT2D eigenvalue weighted by Gasteiger charge is -2.29. The van der Waals surface area contributed by atoms with Gasteiger partial charge in [0.2, 0.25) is 5.91 Å². The van der Waals surface area contributed by atoms with Crippen molar-refractivity contribution in [3.8, 4) is 5.75 Å². The molecule has 0 saturated heterocycles. The first-order chi connectivity index (χ1) is 13.3. The molecule has 0 spiro atoms. The zero-order valence-corrected chi connectivity index (χ0v) is 17.5. The Morgan fingerprint density at radius 1 is 1.11 bits per heavy atom. The molecule has 0 fully saturated rings. The maximum Gasteiger partial charge on any atom is 0.261 e. The second-order valence-electron chi connectivity index (χ2n) is 7.06. The number of ether oxygens (including phenoxy) is 1. The largest absolute Gasteiger partial charge is 0.484 e. The second kappa shape index (κ2) is 10.1. The van der Waals surface area contributed by atoms with E-state index in [1.54, 1.807) is 19.1 Å². The molecule has 1 N–H and O–H groups in total. The van der Waals surface area contributed by atoms with Gasteiger partial charge in [-0.15, -0.1) is 0 Å². The highest BCUT2D eigenvalue weighted by Gasteiger charge is 2.27. The minimum atomic E-state index is -0.660. The van der Waals surface area contributed by atoms with Crippen LogP contribution in [0.25, 0.3) is 0 Å². The third-order valence-electron chi connectivity index (χ3n) is 4.25. The van der Waals surface area contributed by atoms with E-state index >= 15 is 0 Å². The Morgan fingerprint density at radius 3 is 2.46 bits per heavy atom. The highest BCUT2D eigenvalue weighted by Crippen LogP contribution is 2.19. The Bertz CT molecular complexity index is 823. The molecule has 0 aromatic heterocycles. The van der Waals surface area contributed by atoms with Gasteiger partial charge in [-0.1, -0.05) is 41.9 Å². The summed E-state index contributed by atoms with van der Waals surface area (Å²) in [5.41, 5.74) is 1.82. The van der Waals surface area contributed by atoms with Gasteiger partial charge in [0.05, 0.1) is 0 Å². The number of nitrogens with one attached hydrogen (secondary N) is 1. The van der Waals surface area contributed by atoms with Gasteiger partial charge in [-0.25, -0.2) is 0 Å². The number of halogens is 1. The summed E-state index contributed by atoms with van der Waals surface area (Å²) >= 11 is 6.26. The molecule has 0 saturated carbocycles. The maximum absolute atomic E-state index is 12.9. The van der Waals surface area contributed by atoms with Crippen molar-refractivity contribution in [1.82, 2.24) is 10.2 Å². The molecule has 150 valence electrons. The number of rotatable bonds is 8. The van der Waals surface area contributed by atoms with Crippen LogP contribution in [0.15, 0.2) is 48.5 Å². The second-order valence-corrected chi connectivity index (χ2v) is 7.46. The first-order valence-corrected chi connectivity index (χ1v) is 9.68. The Kier molecular flexibility index (Phi) is 7.88. The van der Waals surface area contributed by atoms with Gasteiger partial charge in [-0.3, -0.25) is 9.59 Å². The normalized spacial score (nSPS) is 11.8. The standard InChI is InChI=1S/C22H27ClN2O3/c1-15(2)24-22(27)17(4)25(13-18-9-5-6-11-20(18)23)21(26)14-28-19-10-7-8-16(3)12-19/h5-12,15,17H,13-14H2,1-4H3,(H,24,27)/t17-/m1/s1. The quantitative estimate of drug-likeness (QED) is 0.726. The number of hydrogen-bond donors (Lipinski definition) is 1. The van der Waals surface area contributed by atoms with Crippen molar-refractivity contribution >= 4 is 23.4 Å². The average Bonchev–Trinajstić information content (AvgIpc) is 2.64. The van der Waals surface area contributed by atoms with E-state index in [1.165, 1.54) is 4.90 Å². The van der Waals surface area contributed by atoms with Gasteiger partial charge >= 0.3 is 0 Å². The van der Waals surface area contributed by atoms with Gasteiger partial charge in [-0.2, -0.15) is 0 Å². The molecule has 5 nitrogen and oxygen atoms in total. The topological polar surface area (TPSA) is 58.6 Å². The fourth-order valence-electron chi connectivity index (χ4n) is 2.73. The van der Waals surface area contributed by atoms with Crippen molar-refractivity contribution in [2.24, 2.45) is 0 Å². The lowest BCUT2D eigenvalue weighted by atomic mass is 10.1. The van der Waals surface area contributed by atoms with Crippen LogP contribution in [-0.4, -0.2) is 35.4 Å². The van der Waals surface area contributed by atoms with Crippen molar-refractivity contribution in [3.63, 3.8) is 0 Å². The van der Waals surface area contributed by atoms with Gasteiger partial charge < -0.3 is 15.0 Å². The van der Waals surface area contributed by atoms with Crippen LogP contribution in [0, 0.1) is 6.92 Å². The van der Waals surface area contributed by atoms with Gasteiger partial charge in [-0.05, 0) is 57.0 Å². The summed E-state index contributed by atoms with van der Waals surface area (Å²) in [6.07, 6.45) is 0. The predicted molar refractivity (Wildman–Crippen MR) is 111 cm³/mol. The molecule has 2 aromatic carbocycles. The minimum Gasteiger partial charge on any atom is -0.484 e. The number of aryl methyl sites for hydroxylation is 1. The fourth-order valence-corrected chi connectivity index (χ4v) is 2.93. The lowest BCUT2D eigenvalue weighted by Crippen LogP contribution is -2.50. The lowest BCUT2D eigenvalue weighted by molar-refractivity contribution is -0.142. The van der Waals surface area contributed by atoms with Crippen LogP contribution in [0.5, 0.6) is 5.75 Å². The van der Waals surface area contributed by atoms with E-state index in [1.807, 2.05) is 57.2 Å². The number of amides is 2. The van der Waals surface area contributed by atoms with E-state index in [-0.39, 0.29) is 31.0 Å². The van der Waals surface area contributed by atoms with Crippen molar-refractivity contribution < 1.29 is 14.3 Å². The Morgan fingerprint density at radius 2 is 1.82 bits per heavy atom. The third-order valence-corrected chi connectivity index (χ3v) is 4.62. The van der Waals surface area contributed by atoms with Crippen LogP contribution >= 0.6 is 11.6 Å². The molecule has 0 unspecified atom stereocenters. The smallest absolute Gasteiger partial charge is 0.261 e. The number of nitrogens with zero attached hydrogens (tertiary/aromatic N) is 1. The summed E-state index contributed by atoms with van der Waals surface area (Å²) in [6.45, 7) is 7.49. The van der Waals surface area contributed by atoms with E-state index in [4.69, 9.17) is 16.3 Å². The molecule has 6 heteroatoms. The Labute approximate surface area is 171 Å². The van der Waals surface area contributed by atoms with E-state index in [0.29, 0.717) is 10.8 Å². The van der Waals surface area contributed by atoms with Crippen LogP contribution < -0.4 is 10.1 Å². The molecule has 0 aliphatic rings. The first-order valence-electron chi connectivity index (χ1n) is 9.30. The van der Waals surface area contributed by atoms with Crippen LogP contribution in [0.4, 0.5) is 0 Å². The highest BCUT2D eigenvalue weighted by atomic mass is 35.5. The summed E-state index contributed by atoms with van der Waals surface area (Å²) in [5, 5.41) is 3.41. The van der Waals surface area contributed by atoms with Crippen LogP contribution in [0.2, 0.25) is 5.02 Å². The summed E-state index contributed by atoms with van der Waals surface area (Å²) < 4.78 is 5.65. The molecule has 0 radical (unpaired) electrons. The molecule has 2 rings (SSSR count). The summed E-state index contributed by atoms with van der Waals surface area (Å²) in [5.74, 6) is 0.115. The minimum absolute atomic E-state index is 0.0178. The van der Waals surface area contributed by atoms with Crippen molar-refractivity contribution in [3.05, 3.63) is 64.7 Å². The highest BCUT2D eigenvalue weighted by molar-refractivity contribution is 6.31. The van der Waals surface area contributed by atoms with Crippen LogP contribution in [-0.2, 0) is 16.1 Å². The SMILES string of the molecule is Cc1cccc(OCC(=O)N(Cc2ccccc2Cl)[C@H](C)C(=O)NC(C)C)c1. The molecule has 2 amide bonds. The molecule has 0 bridgehead atoms. The predicted octanol–water partition coefficient (Wildman–Crippen LogP) is 3.97. The van der Waals surface area contributed by atoms with Crippen molar-refractivity contribution in [1.29, 1.82) is 0 Å². The van der Waals surface area contributed by atoms with E-state index in [2.05, 4.69) is 5.32 Å². The number of hydrogen-bond acceptors (Lipinski definition) is 3. The Hall–Kier alpha value is -2.53. The number of benzene rings is 2. The van der Waals surface area contributed by atoms with Crippen LogP contribution in [0.3, 0.4) is 0 Å². The first kappa shape index (κ1) is 21.8. The molecule has 28 heavy (non-hydrogen) atoms. The van der Waals surface area contributed by atoms with Gasteiger partial charge in [0.25, 0.3) is 5.91 Å². The van der Waals surface area contributed by atoms with Crippen molar-refractivity contribution in [2.75, 3.05) is 6.61 Å². The van der Waals surface area contributed by atoms with Gasteiger partial charge in [0, 0.05) is 17.6 Å². The van der Waals surface area contributed by atoms with Gasteiger partial charge in [0.1, 0.15) is 11.8 Å². The zero-order valence-electron chi connectivity index (χ0n) is 16.7. The van der Waals surface area contributed by atoms with E-state index in [9.17, 15) is 9.59 Å². The maximum atomic E-state index is 12.9. The third kappa shape index (κ3) is 6.27. The zero-order chi connectivity index (χ0) is 20.7. The summed E-state index contributed by atoms with van der Waals surface area (Å²) in [6, 6.07) is 14.1. The molecule has 1 atom stereocenters. The monoisotopic (exact) mass is 402 g/mol. The van der Waals surface area contributed by atoms with Gasteiger partial charge in [0.15, 0.2) is 6.61 Å². The Balaban J connectivity index is 2.17. The van der Waals surface area contributed by atoms with E-state index in [0.717, 1.165) is 11.1 Å². The number of carbonyl (C=O) groups is 2. The summed E-state index contributed by atoms with van der Waals surface area (Å²) in [4.78, 5) is 26.9. The van der Waals surface area contributed by atoms with Crippen molar-refractivity contribution in [2.45, 2.75) is 46.3 Å². The molecular weight excluding hydrogens is 376 g/mol. The summed E-state index contributed by atoms with van der Waals surface area (Å²) in [7, 11) is 0. The van der Waals surface area contributed by atoms with E-state index < -0.39 is 6.04 Å². The average molecular weight is 403 g/mol. The molecule has 0 aliphatic carbocycles. The molecule has 0 heterocycles. The molecular formula is C22H27ClN2O3. The molecule has 2 aromatic rings. The van der Waals surface area contributed by atoms with Crippen LogP contribution in [0.1, 0.15) is 31.9 Å². The molecule has 0 aliphatic heterocycles. The fraction of sp³-hybridized carbons (Fsp3) is 0.364.